The highest BCUT2D eigenvalue weighted by Gasteiger charge is 2.47. The van der Waals surface area contributed by atoms with E-state index in [2.05, 4.69) is 54.9 Å². The van der Waals surface area contributed by atoms with Crippen LogP contribution in [0.5, 0.6) is 0 Å². The molecule has 8 unspecified atom stereocenters. The van der Waals surface area contributed by atoms with Crippen LogP contribution in [-0.4, -0.2) is 35.6 Å². The summed E-state index contributed by atoms with van der Waals surface area (Å²) in [5.74, 6) is 2.47. The van der Waals surface area contributed by atoms with Crippen molar-refractivity contribution in [2.24, 2.45) is 29.4 Å². The molecule has 0 bridgehead atoms. The molecule has 2 aliphatic heterocycles. The van der Waals surface area contributed by atoms with Crippen LogP contribution < -0.4 is 11.1 Å². The van der Waals surface area contributed by atoms with E-state index in [1.165, 1.54) is 63.4 Å². The number of rotatable bonds is 3. The zero-order chi connectivity index (χ0) is 22.9. The third-order valence-corrected chi connectivity index (χ3v) is 9.72. The van der Waals surface area contributed by atoms with Gasteiger partial charge in [-0.2, -0.15) is 0 Å². The SMILES string of the molecule is C=C1/C=C\C(C2CCCC(N3C4=C(CCCC4)C(C4C=CCC(C)C4N)C3C)C2)NCCC1. The summed E-state index contributed by atoms with van der Waals surface area (Å²) < 4.78 is 0. The molecule has 33 heavy (non-hydrogen) atoms. The second kappa shape index (κ2) is 10.1. The van der Waals surface area contributed by atoms with Crippen LogP contribution in [0.15, 0.2) is 47.7 Å². The number of nitrogens with two attached hydrogens (primary N) is 1. The zero-order valence-corrected chi connectivity index (χ0v) is 21.1. The number of hydrogen-bond donors (Lipinski definition) is 2. The van der Waals surface area contributed by atoms with Crippen molar-refractivity contribution >= 4 is 0 Å². The first-order chi connectivity index (χ1) is 16.0. The highest BCUT2D eigenvalue weighted by atomic mass is 15.2. The van der Waals surface area contributed by atoms with Gasteiger partial charge in [0.1, 0.15) is 0 Å². The van der Waals surface area contributed by atoms with Crippen LogP contribution in [-0.2, 0) is 0 Å². The maximum atomic E-state index is 6.85. The molecule has 0 saturated heterocycles. The Kier molecular flexibility index (Phi) is 7.18. The summed E-state index contributed by atoms with van der Waals surface area (Å²) in [7, 11) is 0. The van der Waals surface area contributed by atoms with Gasteiger partial charge in [-0.05, 0) is 95.1 Å². The Morgan fingerprint density at radius 1 is 1.03 bits per heavy atom. The zero-order valence-electron chi connectivity index (χ0n) is 21.1. The standard InChI is InChI=1S/C30H47N3/c1-20-9-8-18-32-27(17-16-20)23-11-7-12-24(19-23)33-22(3)29(25-13-4-5-15-28(25)33)26-14-6-10-21(2)30(26)31/h6,14,16-17,21-24,26-27,29-30,32H,1,4-5,7-13,15,18-19,31H2,2-3H3/b17-16-. The normalized spacial score (nSPS) is 43.2. The second-order valence-electron chi connectivity index (χ2n) is 11.8. The Morgan fingerprint density at radius 3 is 2.76 bits per heavy atom. The number of nitrogens with zero attached hydrogens (tertiary/aromatic N) is 1. The lowest BCUT2D eigenvalue weighted by molar-refractivity contribution is 0.102. The van der Waals surface area contributed by atoms with Crippen LogP contribution in [0.2, 0.25) is 0 Å². The van der Waals surface area contributed by atoms with Crippen molar-refractivity contribution in [1.82, 2.24) is 10.2 Å². The van der Waals surface area contributed by atoms with Crippen LogP contribution >= 0.6 is 0 Å². The molecule has 3 heteroatoms. The molecule has 3 aliphatic carbocycles. The fourth-order valence-electron chi connectivity index (χ4n) is 7.94. The molecule has 0 amide bonds. The minimum absolute atomic E-state index is 0.301. The van der Waals surface area contributed by atoms with Gasteiger partial charge in [-0.1, -0.05) is 49.8 Å². The lowest BCUT2D eigenvalue weighted by atomic mass is 9.70. The van der Waals surface area contributed by atoms with Crippen LogP contribution in [0, 0.1) is 23.7 Å². The summed E-state index contributed by atoms with van der Waals surface area (Å²) in [6.45, 7) is 10.3. The van der Waals surface area contributed by atoms with E-state index >= 15 is 0 Å². The van der Waals surface area contributed by atoms with Crippen LogP contribution in [0.3, 0.4) is 0 Å². The fraction of sp³-hybridized carbons (Fsp3) is 0.733. The van der Waals surface area contributed by atoms with E-state index in [4.69, 9.17) is 5.73 Å². The summed E-state index contributed by atoms with van der Waals surface area (Å²) >= 11 is 0. The first kappa shape index (κ1) is 23.4. The summed E-state index contributed by atoms with van der Waals surface area (Å²) in [5.41, 5.74) is 11.7. The molecule has 2 heterocycles. The molecule has 8 atom stereocenters. The molecular weight excluding hydrogens is 402 g/mol. The van der Waals surface area contributed by atoms with E-state index in [0.717, 1.165) is 25.3 Å². The number of allylic oxidation sites excluding steroid dienone is 4. The maximum Gasteiger partial charge on any atom is 0.0334 e. The van der Waals surface area contributed by atoms with E-state index in [0.29, 0.717) is 41.9 Å². The number of nitrogens with one attached hydrogen (secondary N) is 1. The van der Waals surface area contributed by atoms with Gasteiger partial charge in [0.15, 0.2) is 0 Å². The van der Waals surface area contributed by atoms with Gasteiger partial charge in [0, 0.05) is 41.7 Å². The molecule has 182 valence electrons. The van der Waals surface area contributed by atoms with Crippen LogP contribution in [0.1, 0.15) is 84.5 Å². The van der Waals surface area contributed by atoms with Gasteiger partial charge in [-0.25, -0.2) is 0 Å². The highest BCUT2D eigenvalue weighted by Crippen LogP contribution is 2.50. The van der Waals surface area contributed by atoms with E-state index < -0.39 is 0 Å². The van der Waals surface area contributed by atoms with Crippen LogP contribution in [0.4, 0.5) is 0 Å². The molecule has 0 aromatic carbocycles. The van der Waals surface area contributed by atoms with Crippen molar-refractivity contribution in [3.8, 4) is 0 Å². The molecule has 0 spiro atoms. The van der Waals surface area contributed by atoms with Crippen molar-refractivity contribution in [3.63, 3.8) is 0 Å². The lowest BCUT2D eigenvalue weighted by Crippen LogP contribution is -2.49. The second-order valence-corrected chi connectivity index (χ2v) is 11.8. The van der Waals surface area contributed by atoms with Gasteiger partial charge in [0.2, 0.25) is 0 Å². The topological polar surface area (TPSA) is 41.3 Å². The molecule has 1 saturated carbocycles. The summed E-state index contributed by atoms with van der Waals surface area (Å²) in [6.07, 6.45) is 23.9. The minimum atomic E-state index is 0.301. The third kappa shape index (κ3) is 4.65. The maximum absolute atomic E-state index is 6.85. The Bertz CT molecular complexity index is 807. The molecule has 0 aromatic heterocycles. The van der Waals surface area contributed by atoms with Crippen molar-refractivity contribution in [3.05, 3.63) is 47.7 Å². The predicted octanol–water partition coefficient (Wildman–Crippen LogP) is 6.10. The number of hydrogen-bond acceptors (Lipinski definition) is 3. The van der Waals surface area contributed by atoms with E-state index in [9.17, 15) is 0 Å². The predicted molar refractivity (Wildman–Crippen MR) is 140 cm³/mol. The Labute approximate surface area is 202 Å². The van der Waals surface area contributed by atoms with Gasteiger partial charge in [0.25, 0.3) is 0 Å². The molecule has 3 N–H and O–H groups in total. The highest BCUT2D eigenvalue weighted by molar-refractivity contribution is 5.31. The van der Waals surface area contributed by atoms with Crippen molar-refractivity contribution in [1.29, 1.82) is 0 Å². The van der Waals surface area contributed by atoms with Gasteiger partial charge < -0.3 is 16.0 Å². The minimum Gasteiger partial charge on any atom is -0.369 e. The molecule has 5 rings (SSSR count). The van der Waals surface area contributed by atoms with Gasteiger partial charge in [-0.3, -0.25) is 0 Å². The van der Waals surface area contributed by atoms with Crippen molar-refractivity contribution in [2.75, 3.05) is 6.54 Å². The largest absolute Gasteiger partial charge is 0.369 e. The molecular formula is C30H47N3. The Hall–Kier alpha value is -1.32. The quantitative estimate of drug-likeness (QED) is 0.512. The molecule has 0 radical (unpaired) electrons. The smallest absolute Gasteiger partial charge is 0.0334 e. The van der Waals surface area contributed by atoms with Crippen molar-refractivity contribution < 1.29 is 0 Å². The average molecular weight is 450 g/mol. The molecule has 0 aromatic rings. The summed E-state index contributed by atoms with van der Waals surface area (Å²) in [4.78, 5) is 2.94. The van der Waals surface area contributed by atoms with E-state index in [1.54, 1.807) is 11.3 Å². The average Bonchev–Trinajstić information content (AvgIpc) is 3.10. The Morgan fingerprint density at radius 2 is 1.88 bits per heavy atom. The van der Waals surface area contributed by atoms with Gasteiger partial charge in [-0.15, -0.1) is 0 Å². The third-order valence-electron chi connectivity index (χ3n) is 9.72. The van der Waals surface area contributed by atoms with Crippen molar-refractivity contribution in [2.45, 2.75) is 109 Å². The molecule has 1 fully saturated rings. The fourth-order valence-corrected chi connectivity index (χ4v) is 7.94. The first-order valence-corrected chi connectivity index (χ1v) is 14.1. The summed E-state index contributed by atoms with van der Waals surface area (Å²) in [5, 5.41) is 3.88. The van der Waals surface area contributed by atoms with Crippen LogP contribution in [0.25, 0.3) is 0 Å². The van der Waals surface area contributed by atoms with Gasteiger partial charge >= 0.3 is 0 Å². The van der Waals surface area contributed by atoms with E-state index in [1.807, 2.05) is 0 Å². The van der Waals surface area contributed by atoms with Gasteiger partial charge in [0.05, 0.1) is 0 Å². The molecule has 3 nitrogen and oxygen atoms in total. The lowest BCUT2D eigenvalue weighted by Gasteiger charge is -2.44. The Balaban J connectivity index is 1.38. The first-order valence-electron chi connectivity index (χ1n) is 14.1. The molecule has 5 aliphatic rings. The monoisotopic (exact) mass is 449 g/mol. The van der Waals surface area contributed by atoms with E-state index in [-0.39, 0.29) is 0 Å². The summed E-state index contributed by atoms with van der Waals surface area (Å²) in [6, 6.07) is 2.09.